The summed E-state index contributed by atoms with van der Waals surface area (Å²) < 4.78 is 11.1. The Labute approximate surface area is 195 Å². The molecule has 0 fully saturated rings. The molecule has 0 saturated carbocycles. The van der Waals surface area contributed by atoms with E-state index in [0.717, 1.165) is 24.2 Å². The van der Waals surface area contributed by atoms with E-state index in [9.17, 15) is 9.59 Å². The number of benzene rings is 1. The van der Waals surface area contributed by atoms with Gasteiger partial charge in [-0.1, -0.05) is 32.9 Å². The number of fused-ring (bicyclic) bond motifs is 1. The minimum absolute atomic E-state index is 0.0130. The molecule has 2 amide bonds. The molecular weight excluding hydrogens is 424 g/mol. The molecule has 1 aromatic carbocycles. The van der Waals surface area contributed by atoms with Crippen LogP contribution in [-0.4, -0.2) is 61.6 Å². The second-order valence-electron chi connectivity index (χ2n) is 8.44. The van der Waals surface area contributed by atoms with Crippen LogP contribution in [0.2, 0.25) is 0 Å². The van der Waals surface area contributed by atoms with Crippen molar-refractivity contribution in [2.45, 2.75) is 45.6 Å². The first-order valence-electron chi connectivity index (χ1n) is 11.3. The van der Waals surface area contributed by atoms with E-state index in [0.29, 0.717) is 25.6 Å². The summed E-state index contributed by atoms with van der Waals surface area (Å²) in [5.74, 6) is 1.06. The fourth-order valence-corrected chi connectivity index (χ4v) is 4.96. The predicted octanol–water partition coefficient (Wildman–Crippen LogP) is 4.26. The number of thiophene rings is 1. The molecule has 2 heterocycles. The normalized spacial score (nSPS) is 15.5. The van der Waals surface area contributed by atoms with Gasteiger partial charge in [-0.05, 0) is 53.5 Å². The molecule has 0 radical (unpaired) electrons. The summed E-state index contributed by atoms with van der Waals surface area (Å²) in [6.45, 7) is 7.93. The number of methoxy groups -OCH3 is 1. The largest absolute Gasteiger partial charge is 0.491 e. The number of carbonyl (C=O) groups is 2. The monoisotopic (exact) mass is 458 g/mol. The quantitative estimate of drug-likeness (QED) is 0.534. The maximum Gasteiger partial charge on any atom is 0.249 e. The van der Waals surface area contributed by atoms with Crippen LogP contribution < -0.4 is 4.74 Å². The first-order chi connectivity index (χ1) is 15.4. The Morgan fingerprint density at radius 1 is 1.22 bits per heavy atom. The van der Waals surface area contributed by atoms with Gasteiger partial charge in [0.2, 0.25) is 11.8 Å². The van der Waals surface area contributed by atoms with Gasteiger partial charge in [0.05, 0.1) is 12.6 Å². The van der Waals surface area contributed by atoms with Crippen molar-refractivity contribution in [2.24, 2.45) is 0 Å². The van der Waals surface area contributed by atoms with E-state index in [4.69, 9.17) is 9.47 Å². The van der Waals surface area contributed by atoms with E-state index in [-0.39, 0.29) is 31.0 Å². The van der Waals surface area contributed by atoms with Gasteiger partial charge < -0.3 is 19.3 Å². The highest BCUT2D eigenvalue weighted by Gasteiger charge is 2.33. The fourth-order valence-electron chi connectivity index (χ4n) is 4.03. The zero-order chi connectivity index (χ0) is 23.1. The van der Waals surface area contributed by atoms with Gasteiger partial charge in [0.25, 0.3) is 0 Å². The van der Waals surface area contributed by atoms with Crippen LogP contribution in [-0.2, 0) is 20.7 Å². The maximum absolute atomic E-state index is 13.3. The summed E-state index contributed by atoms with van der Waals surface area (Å²) >= 11 is 1.73. The summed E-state index contributed by atoms with van der Waals surface area (Å²) in [4.78, 5) is 30.5. The molecule has 2 aromatic rings. The number of ether oxygens (including phenoxy) is 2. The third-order valence-electron chi connectivity index (χ3n) is 5.81. The highest BCUT2D eigenvalue weighted by molar-refractivity contribution is 7.10. The van der Waals surface area contributed by atoms with Crippen molar-refractivity contribution in [3.63, 3.8) is 0 Å². The van der Waals surface area contributed by atoms with Gasteiger partial charge in [0.15, 0.2) is 0 Å². The van der Waals surface area contributed by atoms with Crippen molar-refractivity contribution in [2.75, 3.05) is 40.0 Å². The van der Waals surface area contributed by atoms with Crippen molar-refractivity contribution < 1.29 is 19.1 Å². The maximum atomic E-state index is 13.3. The molecule has 0 spiro atoms. The van der Waals surface area contributed by atoms with Gasteiger partial charge in [-0.2, -0.15) is 0 Å². The van der Waals surface area contributed by atoms with E-state index >= 15 is 0 Å². The molecule has 6 nitrogen and oxygen atoms in total. The van der Waals surface area contributed by atoms with Crippen LogP contribution in [0.25, 0.3) is 0 Å². The summed E-state index contributed by atoms with van der Waals surface area (Å²) in [5, 5.41) is 2.08. The van der Waals surface area contributed by atoms with Gasteiger partial charge in [0, 0.05) is 25.1 Å². The van der Waals surface area contributed by atoms with Gasteiger partial charge >= 0.3 is 0 Å². The molecule has 174 valence electrons. The highest BCUT2D eigenvalue weighted by Crippen LogP contribution is 2.34. The molecule has 1 aromatic heterocycles. The first kappa shape index (κ1) is 24.3. The molecule has 1 atom stereocenters. The lowest BCUT2D eigenvalue weighted by molar-refractivity contribution is -0.144. The zero-order valence-corrected chi connectivity index (χ0v) is 20.3. The van der Waals surface area contributed by atoms with Crippen molar-refractivity contribution in [3.05, 3.63) is 51.7 Å². The van der Waals surface area contributed by atoms with E-state index < -0.39 is 0 Å². The zero-order valence-electron chi connectivity index (χ0n) is 19.5. The summed E-state index contributed by atoms with van der Waals surface area (Å²) in [5.41, 5.74) is 2.42. The van der Waals surface area contributed by atoms with Crippen molar-refractivity contribution in [1.29, 1.82) is 0 Å². The number of amides is 2. The molecule has 1 aliphatic heterocycles. The van der Waals surface area contributed by atoms with Crippen LogP contribution in [0.3, 0.4) is 0 Å². The van der Waals surface area contributed by atoms with E-state index in [1.807, 2.05) is 24.0 Å². The highest BCUT2D eigenvalue weighted by atomic mass is 32.1. The first-order valence-corrected chi connectivity index (χ1v) is 12.2. The van der Waals surface area contributed by atoms with E-state index in [1.54, 1.807) is 16.2 Å². The lowest BCUT2D eigenvalue weighted by Gasteiger charge is -2.37. The molecule has 1 unspecified atom stereocenters. The number of nitrogens with zero attached hydrogens (tertiary/aromatic N) is 2. The third-order valence-corrected chi connectivity index (χ3v) is 6.81. The SMILES string of the molecule is CCCN(CC(=O)N1CCc2sccc2C1COc1ccc(C(C)C)cc1)C(=O)COC. The fraction of sp³-hybridized carbons (Fsp3) is 0.520. The average Bonchev–Trinajstić information content (AvgIpc) is 3.26. The van der Waals surface area contributed by atoms with Crippen LogP contribution in [0.5, 0.6) is 5.75 Å². The van der Waals surface area contributed by atoms with Crippen LogP contribution in [0.1, 0.15) is 55.2 Å². The number of hydrogen-bond acceptors (Lipinski definition) is 5. The van der Waals surface area contributed by atoms with Gasteiger partial charge in [-0.3, -0.25) is 9.59 Å². The second-order valence-corrected chi connectivity index (χ2v) is 9.44. The predicted molar refractivity (Wildman–Crippen MR) is 127 cm³/mol. The molecule has 0 N–H and O–H groups in total. The third kappa shape index (κ3) is 5.90. The Bertz CT molecular complexity index is 894. The molecule has 3 rings (SSSR count). The lowest BCUT2D eigenvalue weighted by atomic mass is 10.00. The number of hydrogen-bond donors (Lipinski definition) is 0. The van der Waals surface area contributed by atoms with Crippen LogP contribution in [0.4, 0.5) is 0 Å². The van der Waals surface area contributed by atoms with Crippen molar-refractivity contribution in [3.8, 4) is 5.75 Å². The van der Waals surface area contributed by atoms with Crippen LogP contribution in [0.15, 0.2) is 35.7 Å². The Morgan fingerprint density at radius 3 is 2.62 bits per heavy atom. The van der Waals surface area contributed by atoms with Crippen LogP contribution >= 0.6 is 11.3 Å². The van der Waals surface area contributed by atoms with Gasteiger partial charge in [-0.25, -0.2) is 0 Å². The van der Waals surface area contributed by atoms with Crippen LogP contribution in [0, 0.1) is 0 Å². The Hall–Kier alpha value is -2.38. The Morgan fingerprint density at radius 2 is 1.97 bits per heavy atom. The Kier molecular flexibility index (Phi) is 8.70. The number of rotatable bonds is 10. The topological polar surface area (TPSA) is 59.1 Å². The number of carbonyl (C=O) groups excluding carboxylic acids is 2. The standard InChI is InChI=1S/C25H34N2O4S/c1-5-12-26(25(29)17-30-4)15-24(28)27-13-10-23-21(11-14-32-23)22(27)16-31-20-8-6-19(7-9-20)18(2)3/h6-9,11,14,18,22H,5,10,12-13,15-17H2,1-4H3. The molecule has 0 bridgehead atoms. The summed E-state index contributed by atoms with van der Waals surface area (Å²) in [7, 11) is 1.49. The summed E-state index contributed by atoms with van der Waals surface area (Å²) in [6.07, 6.45) is 1.62. The van der Waals surface area contributed by atoms with Crippen molar-refractivity contribution in [1.82, 2.24) is 9.80 Å². The molecule has 32 heavy (non-hydrogen) atoms. The molecule has 0 saturated heterocycles. The van der Waals surface area contributed by atoms with Crippen molar-refractivity contribution >= 4 is 23.2 Å². The average molecular weight is 459 g/mol. The lowest BCUT2D eigenvalue weighted by Crippen LogP contribution is -2.48. The Balaban J connectivity index is 1.73. The molecule has 0 aliphatic carbocycles. The summed E-state index contributed by atoms with van der Waals surface area (Å²) in [6, 6.07) is 10.1. The van der Waals surface area contributed by atoms with E-state index in [1.165, 1.54) is 17.6 Å². The van der Waals surface area contributed by atoms with Gasteiger partial charge in [-0.15, -0.1) is 11.3 Å². The minimum Gasteiger partial charge on any atom is -0.491 e. The molecule has 7 heteroatoms. The van der Waals surface area contributed by atoms with Gasteiger partial charge in [0.1, 0.15) is 19.0 Å². The smallest absolute Gasteiger partial charge is 0.249 e. The molecule has 1 aliphatic rings. The second kappa shape index (κ2) is 11.5. The van der Waals surface area contributed by atoms with E-state index in [2.05, 4.69) is 37.4 Å². The minimum atomic E-state index is -0.164. The molecular formula is C25H34N2O4S.